The van der Waals surface area contributed by atoms with Crippen molar-refractivity contribution in [3.63, 3.8) is 0 Å². The summed E-state index contributed by atoms with van der Waals surface area (Å²) in [4.78, 5) is 48.6. The van der Waals surface area contributed by atoms with Crippen LogP contribution in [0.15, 0.2) is 47.6 Å². The Morgan fingerprint density at radius 1 is 1.16 bits per heavy atom. The number of rotatable bonds is 5. The smallest absolute Gasteiger partial charge is 0.337 e. The first-order chi connectivity index (χ1) is 15.1. The van der Waals surface area contributed by atoms with E-state index < -0.39 is 48.1 Å². The zero-order valence-electron chi connectivity index (χ0n) is 18.7. The molecule has 0 unspecified atom stereocenters. The van der Waals surface area contributed by atoms with Crippen molar-refractivity contribution >= 4 is 23.9 Å². The molecule has 0 aromatic rings. The van der Waals surface area contributed by atoms with Gasteiger partial charge in [0.2, 0.25) is 0 Å². The van der Waals surface area contributed by atoms with Gasteiger partial charge in [-0.25, -0.2) is 9.59 Å². The van der Waals surface area contributed by atoms with Crippen LogP contribution in [0.4, 0.5) is 0 Å². The largest absolute Gasteiger partial charge is 0.461 e. The van der Waals surface area contributed by atoms with Crippen molar-refractivity contribution in [3.8, 4) is 0 Å². The highest BCUT2D eigenvalue weighted by Gasteiger charge is 2.58. The van der Waals surface area contributed by atoms with Crippen LogP contribution >= 0.6 is 0 Å². The predicted molar refractivity (Wildman–Crippen MR) is 113 cm³/mol. The summed E-state index contributed by atoms with van der Waals surface area (Å²) in [5, 5.41) is 0. The first kappa shape index (κ1) is 23.5. The molecule has 0 radical (unpaired) electrons. The number of esters is 4. The second-order valence-electron chi connectivity index (χ2n) is 8.31. The van der Waals surface area contributed by atoms with Crippen LogP contribution in [0.5, 0.6) is 0 Å². The van der Waals surface area contributed by atoms with E-state index in [4.69, 9.17) is 18.9 Å². The summed E-state index contributed by atoms with van der Waals surface area (Å²) in [6.07, 6.45) is 1.48. The summed E-state index contributed by atoms with van der Waals surface area (Å²) in [5.74, 6) is -3.49. The molecule has 8 nitrogen and oxygen atoms in total. The predicted octanol–water partition coefficient (Wildman–Crippen LogP) is 2.59. The summed E-state index contributed by atoms with van der Waals surface area (Å²) in [6, 6.07) is 0. The lowest BCUT2D eigenvalue weighted by molar-refractivity contribution is -0.166. The van der Waals surface area contributed by atoms with Gasteiger partial charge in [0, 0.05) is 25.3 Å². The standard InChI is InChI=1S/C24H28O8/c1-7-16(10-29-14(5)25)24(28)32-22-19-13(4)23(27)31-21(19)18-11(2)8-9-17(18)12(3)20(22)30-15(6)26/h7-8,17-22H,3-4,9-10H2,1-2,5-6H3/b16-7+/t17-,18-,19-,20+,21+,22-/m0/s1. The Labute approximate surface area is 186 Å². The average Bonchev–Trinajstić information content (AvgIpc) is 3.21. The second kappa shape index (κ2) is 9.14. The van der Waals surface area contributed by atoms with Crippen LogP contribution in [0.3, 0.4) is 0 Å². The maximum absolute atomic E-state index is 13.0. The van der Waals surface area contributed by atoms with E-state index >= 15 is 0 Å². The number of hydrogen-bond acceptors (Lipinski definition) is 8. The summed E-state index contributed by atoms with van der Waals surface area (Å²) < 4.78 is 22.0. The van der Waals surface area contributed by atoms with Gasteiger partial charge in [-0.2, -0.15) is 0 Å². The highest BCUT2D eigenvalue weighted by molar-refractivity contribution is 5.92. The molecule has 0 aromatic heterocycles. The van der Waals surface area contributed by atoms with Gasteiger partial charge in [0.1, 0.15) is 12.7 Å². The first-order valence-corrected chi connectivity index (χ1v) is 10.5. The highest BCUT2D eigenvalue weighted by atomic mass is 16.6. The molecule has 0 amide bonds. The molecule has 0 bridgehead atoms. The third kappa shape index (κ3) is 4.26. The van der Waals surface area contributed by atoms with Crippen molar-refractivity contribution in [1.29, 1.82) is 0 Å². The van der Waals surface area contributed by atoms with Crippen molar-refractivity contribution in [2.45, 2.75) is 52.4 Å². The molecule has 6 atom stereocenters. The molecule has 1 aliphatic heterocycles. The SMILES string of the molecule is C=C1C(=O)O[C@H]2[C@H]1[C@H](OC(=O)/C(=C/C)COC(C)=O)[C@H](OC(C)=O)C(=C)[C@@H]1CC=C(C)[C@H]21. The van der Waals surface area contributed by atoms with Crippen molar-refractivity contribution in [3.05, 3.63) is 47.6 Å². The molecule has 0 spiro atoms. The Morgan fingerprint density at radius 2 is 1.84 bits per heavy atom. The summed E-state index contributed by atoms with van der Waals surface area (Å²) in [7, 11) is 0. The van der Waals surface area contributed by atoms with Crippen molar-refractivity contribution in [2.24, 2.45) is 17.8 Å². The number of ether oxygens (including phenoxy) is 4. The molecule has 0 aromatic carbocycles. The van der Waals surface area contributed by atoms with Crippen LogP contribution in [0.2, 0.25) is 0 Å². The monoisotopic (exact) mass is 444 g/mol. The number of carbonyl (C=O) groups excluding carboxylic acids is 4. The van der Waals surface area contributed by atoms with E-state index in [0.717, 1.165) is 5.57 Å². The lowest BCUT2D eigenvalue weighted by Crippen LogP contribution is -2.44. The lowest BCUT2D eigenvalue weighted by atomic mass is 9.80. The molecule has 1 saturated carbocycles. The van der Waals surface area contributed by atoms with E-state index in [1.807, 2.05) is 6.92 Å². The zero-order chi connectivity index (χ0) is 23.7. The van der Waals surface area contributed by atoms with Gasteiger partial charge in [-0.3, -0.25) is 9.59 Å². The Morgan fingerprint density at radius 3 is 2.44 bits per heavy atom. The summed E-state index contributed by atoms with van der Waals surface area (Å²) in [5.41, 5.74) is 1.89. The molecule has 0 N–H and O–H groups in total. The van der Waals surface area contributed by atoms with Crippen LogP contribution in [0, 0.1) is 17.8 Å². The van der Waals surface area contributed by atoms with Gasteiger partial charge >= 0.3 is 23.9 Å². The second-order valence-corrected chi connectivity index (χ2v) is 8.31. The zero-order valence-corrected chi connectivity index (χ0v) is 18.7. The Bertz CT molecular complexity index is 940. The van der Waals surface area contributed by atoms with E-state index in [1.54, 1.807) is 6.92 Å². The number of hydrogen-bond donors (Lipinski definition) is 0. The minimum atomic E-state index is -1.08. The van der Waals surface area contributed by atoms with Gasteiger partial charge in [0.15, 0.2) is 12.2 Å². The third-order valence-electron chi connectivity index (χ3n) is 6.34. The Kier molecular flexibility index (Phi) is 6.71. The van der Waals surface area contributed by atoms with E-state index in [9.17, 15) is 19.2 Å². The number of carbonyl (C=O) groups is 4. The molecular formula is C24H28O8. The molecule has 172 valence electrons. The van der Waals surface area contributed by atoms with Gasteiger partial charge in [0.25, 0.3) is 0 Å². The van der Waals surface area contributed by atoms with E-state index in [-0.39, 0.29) is 29.6 Å². The lowest BCUT2D eigenvalue weighted by Gasteiger charge is -2.31. The molecular weight excluding hydrogens is 416 g/mol. The third-order valence-corrected chi connectivity index (χ3v) is 6.34. The fourth-order valence-electron chi connectivity index (χ4n) is 4.78. The van der Waals surface area contributed by atoms with Gasteiger partial charge < -0.3 is 18.9 Å². The van der Waals surface area contributed by atoms with Crippen molar-refractivity contribution in [2.75, 3.05) is 6.61 Å². The Hall–Kier alpha value is -3.16. The normalized spacial score (nSPS) is 31.7. The molecule has 1 saturated heterocycles. The minimum Gasteiger partial charge on any atom is -0.461 e. The average molecular weight is 444 g/mol. The molecule has 3 rings (SSSR count). The van der Waals surface area contributed by atoms with Gasteiger partial charge in [0.05, 0.1) is 11.5 Å². The number of fused-ring (bicyclic) bond motifs is 3. The summed E-state index contributed by atoms with van der Waals surface area (Å²) >= 11 is 0. The van der Waals surface area contributed by atoms with Crippen LogP contribution in [-0.4, -0.2) is 48.8 Å². The van der Waals surface area contributed by atoms with Crippen LogP contribution in [0.1, 0.15) is 34.1 Å². The molecule has 1 heterocycles. The van der Waals surface area contributed by atoms with Gasteiger partial charge in [-0.15, -0.1) is 0 Å². The van der Waals surface area contributed by atoms with Gasteiger partial charge in [-0.05, 0) is 31.8 Å². The first-order valence-electron chi connectivity index (χ1n) is 10.5. The van der Waals surface area contributed by atoms with Gasteiger partial charge in [-0.1, -0.05) is 30.9 Å². The molecule has 8 heteroatoms. The molecule has 2 aliphatic carbocycles. The van der Waals surface area contributed by atoms with Crippen molar-refractivity contribution < 1.29 is 38.1 Å². The van der Waals surface area contributed by atoms with Crippen LogP contribution < -0.4 is 0 Å². The maximum Gasteiger partial charge on any atom is 0.337 e. The maximum atomic E-state index is 13.0. The van der Waals surface area contributed by atoms with Crippen LogP contribution in [0.25, 0.3) is 0 Å². The van der Waals surface area contributed by atoms with Crippen molar-refractivity contribution in [1.82, 2.24) is 0 Å². The fourth-order valence-corrected chi connectivity index (χ4v) is 4.78. The quantitative estimate of drug-likeness (QED) is 0.276. The molecule has 2 fully saturated rings. The Balaban J connectivity index is 2.02. The minimum absolute atomic E-state index is 0.111. The molecule has 3 aliphatic rings. The van der Waals surface area contributed by atoms with E-state index in [0.29, 0.717) is 12.0 Å². The fraction of sp³-hybridized carbons (Fsp3) is 0.500. The highest BCUT2D eigenvalue weighted by Crippen LogP contribution is 2.51. The topological polar surface area (TPSA) is 105 Å². The molecule has 32 heavy (non-hydrogen) atoms. The van der Waals surface area contributed by atoms with E-state index in [1.165, 1.54) is 19.9 Å². The van der Waals surface area contributed by atoms with Crippen LogP contribution in [-0.2, 0) is 38.1 Å². The summed E-state index contributed by atoms with van der Waals surface area (Å²) in [6.45, 7) is 13.8. The number of allylic oxidation sites excluding steroid dienone is 2. The van der Waals surface area contributed by atoms with E-state index in [2.05, 4.69) is 19.2 Å².